The highest BCUT2D eigenvalue weighted by Crippen LogP contribution is 2.31. The molecule has 0 amide bonds. The smallest absolute Gasteiger partial charge is 0.323 e. The van der Waals surface area contributed by atoms with Gasteiger partial charge in [-0.25, -0.2) is 0 Å². The van der Waals surface area contributed by atoms with Gasteiger partial charge in [0.2, 0.25) is 0 Å². The van der Waals surface area contributed by atoms with Crippen LogP contribution in [0, 0.1) is 0 Å². The van der Waals surface area contributed by atoms with E-state index in [4.69, 9.17) is 5.11 Å². The van der Waals surface area contributed by atoms with Gasteiger partial charge in [0.1, 0.15) is 5.54 Å². The summed E-state index contributed by atoms with van der Waals surface area (Å²) in [5, 5.41) is 12.2. The molecule has 1 aliphatic rings. The number of carboxylic acid groups (broad SMARTS) is 1. The molecule has 1 saturated carbocycles. The molecule has 1 aliphatic carbocycles. The van der Waals surface area contributed by atoms with Gasteiger partial charge in [0.15, 0.2) is 0 Å². The van der Waals surface area contributed by atoms with E-state index in [-0.39, 0.29) is 0 Å². The first-order valence-electron chi connectivity index (χ1n) is 5.70. The molecule has 0 radical (unpaired) electrons. The van der Waals surface area contributed by atoms with Crippen molar-refractivity contribution in [1.82, 2.24) is 5.32 Å². The van der Waals surface area contributed by atoms with Crippen LogP contribution in [0.5, 0.6) is 0 Å². The highest BCUT2D eigenvalue weighted by atomic mass is 16.4. The van der Waals surface area contributed by atoms with Crippen LogP contribution >= 0.6 is 0 Å². The van der Waals surface area contributed by atoms with Gasteiger partial charge in [-0.3, -0.25) is 4.79 Å². The summed E-state index contributed by atoms with van der Waals surface area (Å²) >= 11 is 0. The van der Waals surface area contributed by atoms with Gasteiger partial charge in [0.25, 0.3) is 0 Å². The molecular formula is C11H21NO2. The summed E-state index contributed by atoms with van der Waals surface area (Å²) in [6, 6.07) is 0. The van der Waals surface area contributed by atoms with Crippen LogP contribution in [0.2, 0.25) is 0 Å². The number of rotatable bonds is 7. The Balaban J connectivity index is 2.12. The number of carboxylic acids is 1. The summed E-state index contributed by atoms with van der Waals surface area (Å²) in [4.78, 5) is 11.0. The Morgan fingerprint density at radius 3 is 2.50 bits per heavy atom. The molecule has 0 aromatic carbocycles. The molecule has 0 spiro atoms. The largest absolute Gasteiger partial charge is 0.480 e. The second kappa shape index (κ2) is 5.35. The quantitative estimate of drug-likeness (QED) is 0.618. The second-order valence-electron chi connectivity index (χ2n) is 4.23. The van der Waals surface area contributed by atoms with Crippen LogP contribution in [0.3, 0.4) is 0 Å². The van der Waals surface area contributed by atoms with Crippen LogP contribution in [0.4, 0.5) is 0 Å². The highest BCUT2D eigenvalue weighted by molar-refractivity contribution is 5.79. The second-order valence-corrected chi connectivity index (χ2v) is 4.23. The molecule has 14 heavy (non-hydrogen) atoms. The molecule has 1 rings (SSSR count). The van der Waals surface area contributed by atoms with Crippen LogP contribution < -0.4 is 5.32 Å². The van der Waals surface area contributed by atoms with Gasteiger partial charge >= 0.3 is 5.97 Å². The number of carbonyl (C=O) groups is 1. The molecule has 2 N–H and O–H groups in total. The zero-order valence-electron chi connectivity index (χ0n) is 9.01. The Bertz CT molecular complexity index is 188. The number of aliphatic carboxylic acids is 1. The lowest BCUT2D eigenvalue weighted by molar-refractivity contribution is -0.148. The molecule has 0 aliphatic heterocycles. The summed E-state index contributed by atoms with van der Waals surface area (Å²) < 4.78 is 0. The Morgan fingerprint density at radius 2 is 2.07 bits per heavy atom. The molecular weight excluding hydrogens is 178 g/mol. The van der Waals surface area contributed by atoms with E-state index in [1.807, 2.05) is 0 Å². The van der Waals surface area contributed by atoms with Gasteiger partial charge < -0.3 is 10.4 Å². The van der Waals surface area contributed by atoms with Crippen molar-refractivity contribution in [2.45, 2.75) is 57.4 Å². The Morgan fingerprint density at radius 1 is 1.36 bits per heavy atom. The van der Waals surface area contributed by atoms with Gasteiger partial charge in [-0.05, 0) is 32.2 Å². The monoisotopic (exact) mass is 199 g/mol. The summed E-state index contributed by atoms with van der Waals surface area (Å²) in [5.74, 6) is -0.667. The predicted molar refractivity (Wildman–Crippen MR) is 56.4 cm³/mol. The molecule has 0 aromatic heterocycles. The standard InChI is InChI=1S/C11H21NO2/c1-2-3-4-5-9-12-11(10(13)14)7-6-8-11/h12H,2-9H2,1H3,(H,13,14). The maximum Gasteiger partial charge on any atom is 0.323 e. The Kier molecular flexibility index (Phi) is 4.39. The van der Waals surface area contributed by atoms with E-state index >= 15 is 0 Å². The van der Waals surface area contributed by atoms with E-state index < -0.39 is 11.5 Å². The predicted octanol–water partition coefficient (Wildman–Crippen LogP) is 2.16. The first kappa shape index (κ1) is 11.5. The number of hydrogen-bond donors (Lipinski definition) is 2. The SMILES string of the molecule is CCCCCCNC1(C(=O)O)CCC1. The average Bonchev–Trinajstić information content (AvgIpc) is 2.07. The lowest BCUT2D eigenvalue weighted by Gasteiger charge is -2.38. The molecule has 3 nitrogen and oxygen atoms in total. The van der Waals surface area contributed by atoms with E-state index in [0.717, 1.165) is 32.2 Å². The number of unbranched alkanes of at least 4 members (excludes halogenated alkanes) is 3. The molecule has 1 fully saturated rings. The first-order chi connectivity index (χ1) is 6.71. The maximum absolute atomic E-state index is 11.0. The van der Waals surface area contributed by atoms with Crippen LogP contribution in [0.25, 0.3) is 0 Å². The van der Waals surface area contributed by atoms with E-state index in [1.54, 1.807) is 0 Å². The summed E-state index contributed by atoms with van der Waals surface area (Å²) in [5.41, 5.74) is -0.563. The number of nitrogens with one attached hydrogen (secondary N) is 1. The highest BCUT2D eigenvalue weighted by Gasteiger charge is 2.43. The molecule has 82 valence electrons. The van der Waals surface area contributed by atoms with Crippen molar-refractivity contribution in [1.29, 1.82) is 0 Å². The molecule has 0 aromatic rings. The zero-order chi connectivity index (χ0) is 10.4. The zero-order valence-corrected chi connectivity index (χ0v) is 9.01. The van der Waals surface area contributed by atoms with Gasteiger partial charge in [0.05, 0.1) is 0 Å². The normalized spacial score (nSPS) is 18.9. The summed E-state index contributed by atoms with van der Waals surface area (Å²) in [7, 11) is 0. The van der Waals surface area contributed by atoms with Crippen molar-refractivity contribution in [3.05, 3.63) is 0 Å². The topological polar surface area (TPSA) is 49.3 Å². The van der Waals surface area contributed by atoms with Gasteiger partial charge in [-0.2, -0.15) is 0 Å². The third kappa shape index (κ3) is 2.71. The minimum Gasteiger partial charge on any atom is -0.480 e. The van der Waals surface area contributed by atoms with Crippen molar-refractivity contribution < 1.29 is 9.90 Å². The Hall–Kier alpha value is -0.570. The third-order valence-electron chi connectivity index (χ3n) is 3.11. The number of hydrogen-bond acceptors (Lipinski definition) is 2. The van der Waals surface area contributed by atoms with E-state index in [9.17, 15) is 4.79 Å². The van der Waals surface area contributed by atoms with E-state index in [2.05, 4.69) is 12.2 Å². The Labute approximate surface area is 85.9 Å². The van der Waals surface area contributed by atoms with Gasteiger partial charge in [0, 0.05) is 0 Å². The van der Waals surface area contributed by atoms with Crippen molar-refractivity contribution >= 4 is 5.97 Å². The molecule has 0 saturated heterocycles. The van der Waals surface area contributed by atoms with Crippen molar-refractivity contribution in [3.8, 4) is 0 Å². The fourth-order valence-electron chi connectivity index (χ4n) is 1.88. The molecule has 0 atom stereocenters. The third-order valence-corrected chi connectivity index (χ3v) is 3.11. The fourth-order valence-corrected chi connectivity index (χ4v) is 1.88. The van der Waals surface area contributed by atoms with Crippen LogP contribution in [0.1, 0.15) is 51.9 Å². The minimum absolute atomic E-state index is 0.563. The van der Waals surface area contributed by atoms with E-state index in [1.165, 1.54) is 19.3 Å². The van der Waals surface area contributed by atoms with Crippen molar-refractivity contribution in [2.75, 3.05) is 6.54 Å². The van der Waals surface area contributed by atoms with Crippen LogP contribution in [-0.4, -0.2) is 23.2 Å². The molecule has 3 heteroatoms. The summed E-state index contributed by atoms with van der Waals surface area (Å²) in [6.45, 7) is 3.03. The van der Waals surface area contributed by atoms with Gasteiger partial charge in [-0.15, -0.1) is 0 Å². The van der Waals surface area contributed by atoms with Crippen LogP contribution in [0.15, 0.2) is 0 Å². The summed E-state index contributed by atoms with van der Waals surface area (Å²) in [6.07, 6.45) is 7.44. The van der Waals surface area contributed by atoms with Gasteiger partial charge in [-0.1, -0.05) is 26.2 Å². The van der Waals surface area contributed by atoms with E-state index in [0.29, 0.717) is 0 Å². The maximum atomic E-state index is 11.0. The van der Waals surface area contributed by atoms with Crippen LogP contribution in [-0.2, 0) is 4.79 Å². The first-order valence-corrected chi connectivity index (χ1v) is 5.70. The van der Waals surface area contributed by atoms with Crippen molar-refractivity contribution in [2.24, 2.45) is 0 Å². The minimum atomic E-state index is -0.667. The molecule has 0 heterocycles. The lowest BCUT2D eigenvalue weighted by Crippen LogP contribution is -2.57. The fraction of sp³-hybridized carbons (Fsp3) is 0.909. The average molecular weight is 199 g/mol. The van der Waals surface area contributed by atoms with Crippen molar-refractivity contribution in [3.63, 3.8) is 0 Å². The molecule has 0 bridgehead atoms. The molecule has 0 unspecified atom stereocenters. The lowest BCUT2D eigenvalue weighted by atomic mass is 9.77.